The molecule has 0 amide bonds. The van der Waals surface area contributed by atoms with Crippen molar-refractivity contribution in [2.45, 2.75) is 12.6 Å². The van der Waals surface area contributed by atoms with E-state index in [4.69, 9.17) is 5.11 Å². The van der Waals surface area contributed by atoms with Crippen molar-refractivity contribution in [3.63, 3.8) is 0 Å². The van der Waals surface area contributed by atoms with Crippen molar-refractivity contribution in [3.8, 4) is 0 Å². The molecular weight excluding hydrogens is 319 g/mol. The summed E-state index contributed by atoms with van der Waals surface area (Å²) in [7, 11) is 0. The van der Waals surface area contributed by atoms with Crippen LogP contribution in [0, 0.1) is 5.92 Å². The monoisotopic (exact) mass is 336 g/mol. The molecule has 2 aromatic heterocycles. The summed E-state index contributed by atoms with van der Waals surface area (Å²) in [4.78, 5) is 23.2. The smallest absolute Gasteiger partial charge is 0.275 e. The minimum Gasteiger partial charge on any atom is -0.396 e. The third kappa shape index (κ3) is 3.38. The van der Waals surface area contributed by atoms with E-state index >= 15 is 0 Å². The van der Waals surface area contributed by atoms with E-state index in [1.807, 2.05) is 0 Å². The van der Waals surface area contributed by atoms with Gasteiger partial charge in [-0.2, -0.15) is 0 Å². The maximum absolute atomic E-state index is 11.6. The fourth-order valence-corrected chi connectivity index (χ4v) is 2.62. The lowest BCUT2D eigenvalue weighted by molar-refractivity contribution is 0.103. The van der Waals surface area contributed by atoms with Gasteiger partial charge in [0.25, 0.3) is 5.56 Å². The van der Waals surface area contributed by atoms with Gasteiger partial charge < -0.3 is 20.2 Å². The van der Waals surface area contributed by atoms with Gasteiger partial charge >= 0.3 is 0 Å². The third-order valence-electron chi connectivity index (χ3n) is 3.66. The Labute approximate surface area is 133 Å². The molecule has 21 heavy (non-hydrogen) atoms. The van der Waals surface area contributed by atoms with Crippen LogP contribution in [0.2, 0.25) is 0 Å². The molecule has 118 valence electrons. The van der Waals surface area contributed by atoms with Crippen LogP contribution in [0.3, 0.4) is 0 Å². The maximum Gasteiger partial charge on any atom is 0.275 e. The Hall–Kier alpha value is -1.12. The fraction of sp³-hybridized carbons (Fsp3) is 0.500. The minimum atomic E-state index is -0.494. The molecule has 9 heteroatoms. The largest absolute Gasteiger partial charge is 0.396 e. The molecule has 2 aromatic rings. The van der Waals surface area contributed by atoms with Crippen LogP contribution in [0.25, 0.3) is 11.0 Å². The zero-order valence-corrected chi connectivity index (χ0v) is 12.8. The Balaban J connectivity index is 0.00000110. The van der Waals surface area contributed by atoms with Crippen molar-refractivity contribution in [3.05, 3.63) is 28.4 Å². The number of nitrogens with one attached hydrogen (secondary N) is 2. The molecule has 0 aliphatic carbocycles. The van der Waals surface area contributed by atoms with Crippen molar-refractivity contribution in [1.82, 2.24) is 19.9 Å². The van der Waals surface area contributed by atoms with Gasteiger partial charge in [0, 0.05) is 43.9 Å². The Morgan fingerprint density at radius 2 is 2.10 bits per heavy atom. The third-order valence-corrected chi connectivity index (χ3v) is 3.66. The first-order valence-electron chi connectivity index (χ1n) is 6.24. The number of aromatic amines is 2. The highest BCUT2D eigenvalue weighted by Crippen LogP contribution is 2.21. The molecule has 0 spiro atoms. The summed E-state index contributed by atoms with van der Waals surface area (Å²) >= 11 is 0. The van der Waals surface area contributed by atoms with Crippen molar-refractivity contribution < 1.29 is 10.2 Å². The van der Waals surface area contributed by atoms with Crippen LogP contribution >= 0.6 is 24.8 Å². The number of aliphatic hydroxyl groups excluding tert-OH is 2. The molecule has 4 N–H and O–H groups in total. The predicted molar refractivity (Wildman–Crippen MR) is 83.1 cm³/mol. The summed E-state index contributed by atoms with van der Waals surface area (Å²) in [5.41, 5.74) is 1.86. The van der Waals surface area contributed by atoms with Crippen LogP contribution in [0.4, 0.5) is 0 Å². The Bertz CT molecular complexity index is 645. The highest BCUT2D eigenvalue weighted by Gasteiger charge is 2.30. The average Bonchev–Trinajstić information content (AvgIpc) is 2.95. The number of fused-ring (bicyclic) bond motifs is 1. The van der Waals surface area contributed by atoms with E-state index in [1.54, 1.807) is 6.20 Å². The van der Waals surface area contributed by atoms with Gasteiger partial charge in [-0.05, 0) is 0 Å². The molecule has 1 saturated heterocycles. The summed E-state index contributed by atoms with van der Waals surface area (Å²) in [5.74, 6) is -0.0958. The lowest BCUT2D eigenvalue weighted by Crippen LogP contribution is -2.21. The second-order valence-corrected chi connectivity index (χ2v) is 4.97. The summed E-state index contributed by atoms with van der Waals surface area (Å²) in [6.45, 7) is 1.77. The van der Waals surface area contributed by atoms with E-state index in [0.717, 1.165) is 5.56 Å². The molecule has 1 aliphatic heterocycles. The van der Waals surface area contributed by atoms with E-state index in [1.165, 1.54) is 6.33 Å². The molecule has 0 aromatic carbocycles. The van der Waals surface area contributed by atoms with Crippen LogP contribution in [0.5, 0.6) is 0 Å². The number of hydrogen-bond donors (Lipinski definition) is 4. The average molecular weight is 337 g/mol. The molecule has 0 bridgehead atoms. The first kappa shape index (κ1) is 17.9. The van der Waals surface area contributed by atoms with Gasteiger partial charge in [0.05, 0.1) is 17.9 Å². The summed E-state index contributed by atoms with van der Waals surface area (Å²) < 4.78 is 0. The number of aromatic nitrogens is 3. The highest BCUT2D eigenvalue weighted by atomic mass is 35.5. The number of rotatable bonds is 3. The lowest BCUT2D eigenvalue weighted by atomic mass is 10.1. The Kier molecular flexibility index (Phi) is 6.18. The number of β-amino-alcohol motifs (C(OH)–C–C–N with tert-alkyl or cyclic N) is 1. The summed E-state index contributed by atoms with van der Waals surface area (Å²) in [6, 6.07) is 0. The van der Waals surface area contributed by atoms with Gasteiger partial charge in [-0.15, -0.1) is 24.8 Å². The second-order valence-electron chi connectivity index (χ2n) is 4.97. The number of H-pyrrole nitrogens is 2. The van der Waals surface area contributed by atoms with Crippen molar-refractivity contribution in [2.24, 2.45) is 5.92 Å². The standard InChI is InChI=1S/C12H16N4O3.2ClH/c17-5-8-3-16(4-9(8)18)2-7-1-13-11-10(7)14-6-15-12(11)19;;/h1,6,8-9,13,17-18H,2-5H2,(H,14,15,19);2*1H/t8-,9+;;/m1../s1. The van der Waals surface area contributed by atoms with E-state index < -0.39 is 6.10 Å². The van der Waals surface area contributed by atoms with Gasteiger partial charge in [-0.1, -0.05) is 0 Å². The molecule has 0 unspecified atom stereocenters. The van der Waals surface area contributed by atoms with Crippen LogP contribution in [-0.4, -0.2) is 55.9 Å². The SMILES string of the molecule is Cl.Cl.O=c1[nH]cnc2c(CN3C[C@H](CO)[C@@H](O)C3)c[nH]c12. The topological polar surface area (TPSA) is 105 Å². The first-order chi connectivity index (χ1) is 9.19. The Morgan fingerprint density at radius 3 is 2.76 bits per heavy atom. The van der Waals surface area contributed by atoms with Crippen molar-refractivity contribution in [2.75, 3.05) is 19.7 Å². The maximum atomic E-state index is 11.6. The number of nitrogens with zero attached hydrogens (tertiary/aromatic N) is 2. The van der Waals surface area contributed by atoms with Gasteiger partial charge in [0.15, 0.2) is 0 Å². The van der Waals surface area contributed by atoms with Crippen LogP contribution in [0.15, 0.2) is 17.3 Å². The Morgan fingerprint density at radius 1 is 1.33 bits per heavy atom. The molecule has 7 nitrogen and oxygen atoms in total. The van der Waals surface area contributed by atoms with Gasteiger partial charge in [0.1, 0.15) is 5.52 Å². The van der Waals surface area contributed by atoms with Crippen molar-refractivity contribution in [1.29, 1.82) is 0 Å². The van der Waals surface area contributed by atoms with E-state index in [2.05, 4.69) is 19.9 Å². The summed E-state index contributed by atoms with van der Waals surface area (Å²) in [6.07, 6.45) is 2.66. The van der Waals surface area contributed by atoms with Crippen LogP contribution in [-0.2, 0) is 6.54 Å². The quantitative estimate of drug-likeness (QED) is 0.625. The molecule has 1 aliphatic rings. The number of aliphatic hydroxyl groups is 2. The summed E-state index contributed by atoms with van der Waals surface area (Å²) in [5, 5.41) is 18.9. The molecule has 3 rings (SSSR count). The fourth-order valence-electron chi connectivity index (χ4n) is 2.62. The highest BCUT2D eigenvalue weighted by molar-refractivity contribution is 5.85. The van der Waals surface area contributed by atoms with E-state index in [-0.39, 0.29) is 42.9 Å². The second kappa shape index (κ2) is 7.24. The van der Waals surface area contributed by atoms with Gasteiger partial charge in [0.2, 0.25) is 0 Å². The molecule has 0 radical (unpaired) electrons. The number of likely N-dealkylation sites (tertiary alicyclic amines) is 1. The van der Waals surface area contributed by atoms with Gasteiger partial charge in [-0.25, -0.2) is 4.98 Å². The van der Waals surface area contributed by atoms with Crippen LogP contribution < -0.4 is 5.56 Å². The minimum absolute atomic E-state index is 0. The molecule has 0 saturated carbocycles. The number of halogens is 2. The van der Waals surface area contributed by atoms with E-state index in [9.17, 15) is 9.90 Å². The van der Waals surface area contributed by atoms with Gasteiger partial charge in [-0.3, -0.25) is 9.69 Å². The van der Waals surface area contributed by atoms with Crippen LogP contribution in [0.1, 0.15) is 5.56 Å². The number of hydrogen-bond acceptors (Lipinski definition) is 5. The predicted octanol–water partition coefficient (Wildman–Crippen LogP) is -0.120. The normalized spacial score (nSPS) is 22.0. The molecule has 1 fully saturated rings. The lowest BCUT2D eigenvalue weighted by Gasteiger charge is -2.13. The first-order valence-corrected chi connectivity index (χ1v) is 6.24. The zero-order valence-electron chi connectivity index (χ0n) is 11.2. The molecule has 2 atom stereocenters. The van der Waals surface area contributed by atoms with E-state index in [0.29, 0.717) is 30.7 Å². The van der Waals surface area contributed by atoms with Crippen molar-refractivity contribution >= 4 is 35.8 Å². The zero-order chi connectivity index (χ0) is 13.4. The molecular formula is C12H18Cl2N4O3. The molecule has 3 heterocycles.